The van der Waals surface area contributed by atoms with Gasteiger partial charge in [-0.25, -0.2) is 18.4 Å². The standard InChI is InChI=1S/C21H19F2N5O2/c1-3-4-5-6-8-15-11-13-16(14-12-15)26(2)20(29)28-21(30)27(24-25-28)19-17(22)9-7-10-18(19)23/h7,9-14H,3-5H2,1-2H3. The summed E-state index contributed by atoms with van der Waals surface area (Å²) < 4.78 is 28.7. The van der Waals surface area contributed by atoms with Gasteiger partial charge in [0.15, 0.2) is 11.6 Å². The topological polar surface area (TPSA) is 73.0 Å². The number of benzene rings is 2. The molecule has 0 bridgehead atoms. The maximum atomic E-state index is 13.9. The van der Waals surface area contributed by atoms with E-state index in [9.17, 15) is 18.4 Å². The number of rotatable bonds is 4. The molecule has 0 atom stereocenters. The zero-order chi connectivity index (χ0) is 21.7. The van der Waals surface area contributed by atoms with Crippen LogP contribution in [0.15, 0.2) is 47.3 Å². The number of amides is 1. The van der Waals surface area contributed by atoms with Crippen LogP contribution in [0.1, 0.15) is 31.7 Å². The van der Waals surface area contributed by atoms with Crippen LogP contribution in [-0.4, -0.2) is 32.9 Å². The molecule has 30 heavy (non-hydrogen) atoms. The normalized spacial score (nSPS) is 10.4. The molecular formula is C21H19F2N5O2. The van der Waals surface area contributed by atoms with E-state index in [4.69, 9.17) is 0 Å². The van der Waals surface area contributed by atoms with Crippen molar-refractivity contribution in [1.82, 2.24) is 19.8 Å². The highest BCUT2D eigenvalue weighted by Gasteiger charge is 2.23. The van der Waals surface area contributed by atoms with Crippen LogP contribution in [0.25, 0.3) is 5.69 Å². The van der Waals surface area contributed by atoms with Gasteiger partial charge in [-0.15, -0.1) is 4.68 Å². The van der Waals surface area contributed by atoms with Crippen molar-refractivity contribution in [2.24, 2.45) is 0 Å². The highest BCUT2D eigenvalue weighted by atomic mass is 19.1. The molecule has 3 aromatic rings. The summed E-state index contributed by atoms with van der Waals surface area (Å²) in [6.07, 6.45) is 2.93. The van der Waals surface area contributed by atoms with Crippen LogP contribution in [0.2, 0.25) is 0 Å². The monoisotopic (exact) mass is 411 g/mol. The summed E-state index contributed by atoms with van der Waals surface area (Å²) in [6.45, 7) is 2.10. The van der Waals surface area contributed by atoms with E-state index < -0.39 is 29.0 Å². The van der Waals surface area contributed by atoms with E-state index in [-0.39, 0.29) is 0 Å². The minimum Gasteiger partial charge on any atom is -0.295 e. The van der Waals surface area contributed by atoms with Gasteiger partial charge in [0.2, 0.25) is 0 Å². The van der Waals surface area contributed by atoms with Crippen LogP contribution in [0, 0.1) is 23.5 Å². The summed E-state index contributed by atoms with van der Waals surface area (Å²) in [5.74, 6) is 4.12. The molecule has 0 radical (unpaired) electrons. The van der Waals surface area contributed by atoms with Crippen LogP contribution in [0.3, 0.4) is 0 Å². The fourth-order valence-electron chi connectivity index (χ4n) is 2.65. The third-order valence-corrected chi connectivity index (χ3v) is 4.34. The first-order valence-corrected chi connectivity index (χ1v) is 9.30. The summed E-state index contributed by atoms with van der Waals surface area (Å²) in [6, 6.07) is 9.14. The Bertz CT molecular complexity index is 1150. The molecule has 9 heteroatoms. The highest BCUT2D eigenvalue weighted by Crippen LogP contribution is 2.16. The zero-order valence-electron chi connectivity index (χ0n) is 16.5. The second kappa shape index (κ2) is 9.13. The average Bonchev–Trinajstić information content (AvgIpc) is 3.11. The third-order valence-electron chi connectivity index (χ3n) is 4.34. The zero-order valence-corrected chi connectivity index (χ0v) is 16.5. The van der Waals surface area contributed by atoms with E-state index in [1.165, 1.54) is 11.9 Å². The molecule has 0 fully saturated rings. The second-order valence-corrected chi connectivity index (χ2v) is 6.45. The lowest BCUT2D eigenvalue weighted by molar-refractivity contribution is 0.245. The molecule has 0 unspecified atom stereocenters. The SMILES string of the molecule is CCCCC#Cc1ccc(N(C)C(=O)n2nnn(-c3c(F)cccc3F)c2=O)cc1. The molecule has 0 aliphatic heterocycles. The smallest absolute Gasteiger partial charge is 0.295 e. The summed E-state index contributed by atoms with van der Waals surface area (Å²) in [5.41, 5.74) is -0.504. The number of aromatic nitrogens is 4. The van der Waals surface area contributed by atoms with Crippen molar-refractivity contribution in [3.05, 3.63) is 70.1 Å². The quantitative estimate of drug-likeness (QED) is 0.375. The van der Waals surface area contributed by atoms with Gasteiger partial charge >= 0.3 is 11.7 Å². The Morgan fingerprint density at radius 3 is 2.40 bits per heavy atom. The molecule has 1 heterocycles. The number of nitrogens with zero attached hydrogens (tertiary/aromatic N) is 5. The van der Waals surface area contributed by atoms with Crippen molar-refractivity contribution in [3.8, 4) is 17.5 Å². The number of tetrazole rings is 1. The van der Waals surface area contributed by atoms with Crippen LogP contribution >= 0.6 is 0 Å². The second-order valence-electron chi connectivity index (χ2n) is 6.45. The first kappa shape index (κ1) is 20.9. The lowest BCUT2D eigenvalue weighted by atomic mass is 10.2. The van der Waals surface area contributed by atoms with Gasteiger partial charge in [0, 0.05) is 24.7 Å². The molecular weight excluding hydrogens is 392 g/mol. The van der Waals surface area contributed by atoms with E-state index in [1.54, 1.807) is 24.3 Å². The number of hydrogen-bond acceptors (Lipinski definition) is 4. The first-order chi connectivity index (χ1) is 14.4. The van der Waals surface area contributed by atoms with Crippen molar-refractivity contribution in [2.45, 2.75) is 26.2 Å². The number of anilines is 1. The molecule has 154 valence electrons. The molecule has 3 rings (SSSR count). The van der Waals surface area contributed by atoms with E-state index in [1.807, 2.05) is 0 Å². The summed E-state index contributed by atoms with van der Waals surface area (Å²) >= 11 is 0. The van der Waals surface area contributed by atoms with Crippen molar-refractivity contribution in [1.29, 1.82) is 0 Å². The maximum Gasteiger partial charge on any atom is 0.377 e. The molecule has 0 aliphatic carbocycles. The van der Waals surface area contributed by atoms with Crippen molar-refractivity contribution >= 4 is 11.7 Å². The Balaban J connectivity index is 1.83. The lowest BCUT2D eigenvalue weighted by Gasteiger charge is -2.15. The number of carbonyl (C=O) groups excluding carboxylic acids is 1. The van der Waals surface area contributed by atoms with Crippen molar-refractivity contribution < 1.29 is 13.6 Å². The van der Waals surface area contributed by atoms with Gasteiger partial charge < -0.3 is 0 Å². The molecule has 0 aliphatic rings. The fraction of sp³-hybridized carbons (Fsp3) is 0.238. The van der Waals surface area contributed by atoms with Gasteiger partial charge in [-0.1, -0.05) is 31.3 Å². The highest BCUT2D eigenvalue weighted by molar-refractivity contribution is 5.92. The molecule has 0 saturated carbocycles. The number of halogens is 2. The van der Waals surface area contributed by atoms with E-state index in [2.05, 4.69) is 29.2 Å². The van der Waals surface area contributed by atoms with Crippen LogP contribution in [0.5, 0.6) is 0 Å². The minimum absolute atomic E-state index is 0.408. The van der Waals surface area contributed by atoms with Crippen LogP contribution < -0.4 is 10.6 Å². The van der Waals surface area contributed by atoms with Crippen LogP contribution in [0.4, 0.5) is 19.3 Å². The molecule has 0 spiro atoms. The number of unbranched alkanes of at least 4 members (excludes halogenated alkanes) is 2. The van der Waals surface area contributed by atoms with Crippen molar-refractivity contribution in [2.75, 3.05) is 11.9 Å². The lowest BCUT2D eigenvalue weighted by Crippen LogP contribution is -2.39. The Morgan fingerprint density at radius 2 is 1.77 bits per heavy atom. The Labute approximate surface area is 171 Å². The molecule has 2 aromatic carbocycles. The molecule has 1 aromatic heterocycles. The summed E-state index contributed by atoms with van der Waals surface area (Å²) in [4.78, 5) is 26.3. The molecule has 0 N–H and O–H groups in total. The third kappa shape index (κ3) is 4.27. The van der Waals surface area contributed by atoms with Gasteiger partial charge in [-0.2, -0.15) is 4.68 Å². The van der Waals surface area contributed by atoms with E-state index in [0.29, 0.717) is 15.1 Å². The average molecular weight is 411 g/mol. The van der Waals surface area contributed by atoms with Gasteiger partial charge in [0.25, 0.3) is 0 Å². The molecule has 7 nitrogen and oxygen atoms in total. The Hall–Kier alpha value is -3.80. The Morgan fingerprint density at radius 1 is 1.10 bits per heavy atom. The van der Waals surface area contributed by atoms with Gasteiger partial charge in [0.1, 0.15) is 5.69 Å². The summed E-state index contributed by atoms with van der Waals surface area (Å²) in [7, 11) is 1.44. The van der Waals surface area contributed by atoms with E-state index >= 15 is 0 Å². The predicted octanol–water partition coefficient (Wildman–Crippen LogP) is 3.35. The Kier molecular flexibility index (Phi) is 6.37. The number of hydrogen-bond donors (Lipinski definition) is 0. The number of para-hydroxylation sites is 1. The summed E-state index contributed by atoms with van der Waals surface area (Å²) in [5, 5.41) is 6.91. The van der Waals surface area contributed by atoms with Gasteiger partial charge in [-0.3, -0.25) is 4.90 Å². The van der Waals surface area contributed by atoms with E-state index in [0.717, 1.165) is 43.0 Å². The fourth-order valence-corrected chi connectivity index (χ4v) is 2.65. The minimum atomic E-state index is -1.09. The van der Waals surface area contributed by atoms with Crippen LogP contribution in [-0.2, 0) is 0 Å². The van der Waals surface area contributed by atoms with Gasteiger partial charge in [-0.05, 0) is 53.2 Å². The predicted molar refractivity (Wildman–Crippen MR) is 108 cm³/mol. The largest absolute Gasteiger partial charge is 0.377 e. The molecule has 0 saturated heterocycles. The maximum absolute atomic E-state index is 13.9. The number of carbonyl (C=O) groups is 1. The molecule has 1 amide bonds. The van der Waals surface area contributed by atoms with Gasteiger partial charge in [0.05, 0.1) is 0 Å². The first-order valence-electron chi connectivity index (χ1n) is 9.30. The van der Waals surface area contributed by atoms with Crippen molar-refractivity contribution in [3.63, 3.8) is 0 Å².